The molecule has 1 saturated heterocycles. The molecular formula is C15H18Cl2N2O3. The Bertz CT molecular complexity index is 545. The number of rotatable bonds is 6. The Balaban J connectivity index is 1.76. The summed E-state index contributed by atoms with van der Waals surface area (Å²) in [4.78, 5) is 24.9. The molecule has 120 valence electrons. The van der Waals surface area contributed by atoms with E-state index in [1.807, 2.05) is 0 Å². The number of amides is 2. The second-order valence-corrected chi connectivity index (χ2v) is 6.13. The minimum Gasteiger partial charge on any atom is -0.387 e. The van der Waals surface area contributed by atoms with E-state index in [0.29, 0.717) is 28.6 Å². The van der Waals surface area contributed by atoms with E-state index in [0.717, 1.165) is 13.0 Å². The van der Waals surface area contributed by atoms with Crippen LogP contribution >= 0.6 is 23.2 Å². The molecule has 2 rings (SSSR count). The van der Waals surface area contributed by atoms with Gasteiger partial charge in [0.15, 0.2) is 0 Å². The van der Waals surface area contributed by atoms with Crippen LogP contribution in [-0.4, -0.2) is 41.5 Å². The van der Waals surface area contributed by atoms with Crippen LogP contribution in [0, 0.1) is 0 Å². The van der Waals surface area contributed by atoms with Crippen molar-refractivity contribution in [2.24, 2.45) is 0 Å². The quantitative estimate of drug-likeness (QED) is 0.830. The average molecular weight is 345 g/mol. The van der Waals surface area contributed by atoms with Gasteiger partial charge in [-0.2, -0.15) is 0 Å². The molecular weight excluding hydrogens is 327 g/mol. The van der Waals surface area contributed by atoms with Gasteiger partial charge in [0.1, 0.15) is 0 Å². The third kappa shape index (κ3) is 4.87. The molecule has 2 N–H and O–H groups in total. The van der Waals surface area contributed by atoms with E-state index in [1.165, 1.54) is 0 Å². The molecule has 2 amide bonds. The van der Waals surface area contributed by atoms with Gasteiger partial charge in [0.05, 0.1) is 6.10 Å². The van der Waals surface area contributed by atoms with Crippen LogP contribution in [0.1, 0.15) is 30.9 Å². The molecule has 1 aliphatic heterocycles. The smallest absolute Gasteiger partial charge is 0.222 e. The van der Waals surface area contributed by atoms with E-state index >= 15 is 0 Å². The summed E-state index contributed by atoms with van der Waals surface area (Å²) >= 11 is 11.7. The third-order valence-electron chi connectivity index (χ3n) is 3.54. The van der Waals surface area contributed by atoms with Crippen LogP contribution in [-0.2, 0) is 9.59 Å². The van der Waals surface area contributed by atoms with Gasteiger partial charge in [-0.3, -0.25) is 9.59 Å². The van der Waals surface area contributed by atoms with Gasteiger partial charge < -0.3 is 15.3 Å². The summed E-state index contributed by atoms with van der Waals surface area (Å²) in [7, 11) is 0. The van der Waals surface area contributed by atoms with Gasteiger partial charge in [0.2, 0.25) is 11.8 Å². The first-order chi connectivity index (χ1) is 10.5. The van der Waals surface area contributed by atoms with Gasteiger partial charge in [0, 0.05) is 42.5 Å². The van der Waals surface area contributed by atoms with Crippen molar-refractivity contribution >= 4 is 35.0 Å². The minimum absolute atomic E-state index is 0.0729. The first-order valence-electron chi connectivity index (χ1n) is 7.14. The zero-order valence-corrected chi connectivity index (χ0v) is 13.5. The lowest BCUT2D eigenvalue weighted by Gasteiger charge is -2.16. The maximum atomic E-state index is 11.8. The number of carbonyl (C=O) groups is 2. The lowest BCUT2D eigenvalue weighted by atomic mass is 10.1. The van der Waals surface area contributed by atoms with Crippen LogP contribution in [0.3, 0.4) is 0 Å². The molecule has 0 radical (unpaired) electrons. The van der Waals surface area contributed by atoms with E-state index < -0.39 is 6.10 Å². The van der Waals surface area contributed by atoms with E-state index in [2.05, 4.69) is 5.32 Å². The van der Waals surface area contributed by atoms with Gasteiger partial charge in [-0.05, 0) is 30.2 Å². The zero-order chi connectivity index (χ0) is 16.1. The van der Waals surface area contributed by atoms with Crippen molar-refractivity contribution in [3.05, 3.63) is 33.8 Å². The normalized spacial score (nSPS) is 16.0. The van der Waals surface area contributed by atoms with Crippen molar-refractivity contribution in [2.75, 3.05) is 19.6 Å². The summed E-state index contributed by atoms with van der Waals surface area (Å²) in [5.41, 5.74) is 0.549. The molecule has 22 heavy (non-hydrogen) atoms. The number of carbonyl (C=O) groups excluding carboxylic acids is 2. The molecule has 0 aromatic heterocycles. The lowest BCUT2D eigenvalue weighted by Crippen LogP contribution is -2.33. The first-order valence-corrected chi connectivity index (χ1v) is 7.90. The molecule has 0 saturated carbocycles. The number of nitrogens with zero attached hydrogens (tertiary/aromatic N) is 1. The standard InChI is InChI=1S/C15H18Cl2N2O3/c16-11-6-10(7-12(17)8-11)13(20)9-18-14(21)3-5-19-4-1-2-15(19)22/h6-8,13,20H,1-5,9H2,(H,18,21). The second kappa shape index (κ2) is 7.81. The number of nitrogens with one attached hydrogen (secondary N) is 1. The summed E-state index contributed by atoms with van der Waals surface area (Å²) in [5, 5.41) is 13.6. The van der Waals surface area contributed by atoms with Crippen molar-refractivity contribution in [3.63, 3.8) is 0 Å². The van der Waals surface area contributed by atoms with Crippen LogP contribution in [0.4, 0.5) is 0 Å². The van der Waals surface area contributed by atoms with Crippen LogP contribution in [0.5, 0.6) is 0 Å². The minimum atomic E-state index is -0.881. The SMILES string of the molecule is O=C(CCN1CCCC1=O)NCC(O)c1cc(Cl)cc(Cl)c1. The zero-order valence-electron chi connectivity index (χ0n) is 12.0. The Hall–Kier alpha value is -1.30. The van der Waals surface area contributed by atoms with Crippen molar-refractivity contribution in [3.8, 4) is 0 Å². The fourth-order valence-electron chi connectivity index (χ4n) is 2.36. The number of likely N-dealkylation sites (tertiary alicyclic amines) is 1. The molecule has 1 aromatic rings. The van der Waals surface area contributed by atoms with E-state index in [-0.39, 0.29) is 24.8 Å². The van der Waals surface area contributed by atoms with E-state index in [9.17, 15) is 14.7 Å². The molecule has 1 aromatic carbocycles. The predicted molar refractivity (Wildman–Crippen MR) is 84.9 cm³/mol. The third-order valence-corrected chi connectivity index (χ3v) is 3.98. The first kappa shape index (κ1) is 17.1. The number of aliphatic hydroxyl groups is 1. The highest BCUT2D eigenvalue weighted by atomic mass is 35.5. The van der Waals surface area contributed by atoms with Gasteiger partial charge in [-0.25, -0.2) is 0 Å². The summed E-state index contributed by atoms with van der Waals surface area (Å²) in [6.07, 6.45) is 0.771. The average Bonchev–Trinajstić information content (AvgIpc) is 2.86. The number of benzene rings is 1. The molecule has 1 aliphatic rings. The highest BCUT2D eigenvalue weighted by Crippen LogP contribution is 2.23. The van der Waals surface area contributed by atoms with Crippen molar-refractivity contribution < 1.29 is 14.7 Å². The highest BCUT2D eigenvalue weighted by Gasteiger charge is 2.20. The molecule has 0 spiro atoms. The van der Waals surface area contributed by atoms with Gasteiger partial charge in [0.25, 0.3) is 0 Å². The molecule has 1 fully saturated rings. The van der Waals surface area contributed by atoms with Crippen LogP contribution in [0.2, 0.25) is 10.0 Å². The Labute approximate surface area is 139 Å². The monoisotopic (exact) mass is 344 g/mol. The van der Waals surface area contributed by atoms with Gasteiger partial charge in [-0.15, -0.1) is 0 Å². The summed E-state index contributed by atoms with van der Waals surface area (Å²) in [6, 6.07) is 4.78. The Morgan fingerprint density at radius 2 is 2.00 bits per heavy atom. The number of halogens is 2. The van der Waals surface area contributed by atoms with Crippen LogP contribution in [0.25, 0.3) is 0 Å². The van der Waals surface area contributed by atoms with Crippen molar-refractivity contribution in [2.45, 2.75) is 25.4 Å². The van der Waals surface area contributed by atoms with Gasteiger partial charge >= 0.3 is 0 Å². The molecule has 7 heteroatoms. The lowest BCUT2D eigenvalue weighted by molar-refractivity contribution is -0.128. The number of hydrogen-bond acceptors (Lipinski definition) is 3. The molecule has 0 bridgehead atoms. The maximum Gasteiger partial charge on any atom is 0.222 e. The largest absolute Gasteiger partial charge is 0.387 e. The Morgan fingerprint density at radius 1 is 1.32 bits per heavy atom. The molecule has 0 aliphatic carbocycles. The number of aliphatic hydroxyl groups excluding tert-OH is 1. The second-order valence-electron chi connectivity index (χ2n) is 5.26. The van der Waals surface area contributed by atoms with Gasteiger partial charge in [-0.1, -0.05) is 23.2 Å². The molecule has 5 nitrogen and oxygen atoms in total. The van der Waals surface area contributed by atoms with Crippen LogP contribution < -0.4 is 5.32 Å². The molecule has 1 heterocycles. The topological polar surface area (TPSA) is 69.6 Å². The van der Waals surface area contributed by atoms with Crippen molar-refractivity contribution in [1.82, 2.24) is 10.2 Å². The van der Waals surface area contributed by atoms with Crippen LogP contribution in [0.15, 0.2) is 18.2 Å². The Kier molecular flexibility index (Phi) is 6.06. The fraction of sp³-hybridized carbons (Fsp3) is 0.467. The number of hydrogen-bond donors (Lipinski definition) is 2. The summed E-state index contributed by atoms with van der Waals surface area (Å²) in [5.74, 6) is -0.103. The van der Waals surface area contributed by atoms with E-state index in [4.69, 9.17) is 23.2 Å². The van der Waals surface area contributed by atoms with Crippen molar-refractivity contribution in [1.29, 1.82) is 0 Å². The predicted octanol–water partition coefficient (Wildman–Crippen LogP) is 2.16. The maximum absolute atomic E-state index is 11.8. The summed E-state index contributed by atoms with van der Waals surface area (Å²) < 4.78 is 0. The highest BCUT2D eigenvalue weighted by molar-refractivity contribution is 6.34. The van der Waals surface area contributed by atoms with E-state index in [1.54, 1.807) is 23.1 Å². The summed E-state index contributed by atoms with van der Waals surface area (Å²) in [6.45, 7) is 1.21. The Morgan fingerprint density at radius 3 is 2.59 bits per heavy atom. The fourth-order valence-corrected chi connectivity index (χ4v) is 2.90. The molecule has 1 atom stereocenters. The molecule has 1 unspecified atom stereocenters.